The van der Waals surface area contributed by atoms with Gasteiger partial charge in [-0.2, -0.15) is 5.10 Å². The van der Waals surface area contributed by atoms with E-state index in [-0.39, 0.29) is 0 Å². The predicted molar refractivity (Wildman–Crippen MR) is 69.0 cm³/mol. The molecule has 0 aliphatic heterocycles. The van der Waals surface area contributed by atoms with Gasteiger partial charge in [0.05, 0.1) is 11.3 Å². The monoisotopic (exact) mass is 276 g/mol. The molecule has 1 saturated carbocycles. The number of aromatic nitrogens is 6. The van der Waals surface area contributed by atoms with E-state index in [4.69, 9.17) is 0 Å². The van der Waals surface area contributed by atoms with Gasteiger partial charge in [0.15, 0.2) is 11.4 Å². The summed E-state index contributed by atoms with van der Waals surface area (Å²) in [6.07, 6.45) is 1.98. The van der Waals surface area contributed by atoms with Crippen LogP contribution in [0.25, 0.3) is 11.4 Å². The van der Waals surface area contributed by atoms with Crippen molar-refractivity contribution in [3.63, 3.8) is 0 Å². The van der Waals surface area contributed by atoms with Crippen molar-refractivity contribution in [3.05, 3.63) is 11.4 Å². The normalized spacial score (nSPS) is 16.9. The highest BCUT2D eigenvalue weighted by atomic mass is 16.4. The Kier molecular flexibility index (Phi) is 2.63. The first-order chi connectivity index (χ1) is 9.47. The Labute approximate surface area is 115 Å². The summed E-state index contributed by atoms with van der Waals surface area (Å²) in [5.74, 6) is -0.397. The van der Waals surface area contributed by atoms with Gasteiger partial charge in [-0.1, -0.05) is 0 Å². The fourth-order valence-corrected chi connectivity index (χ4v) is 2.76. The number of carboxylic acids is 1. The molecule has 2 aromatic heterocycles. The molecule has 2 aromatic rings. The number of rotatable bonds is 3. The lowest BCUT2D eigenvalue weighted by atomic mass is 9.76. The zero-order valence-electron chi connectivity index (χ0n) is 11.7. The minimum absolute atomic E-state index is 0.482. The number of hydrogen-bond acceptors (Lipinski definition) is 5. The molecule has 8 nitrogen and oxygen atoms in total. The second kappa shape index (κ2) is 4.12. The molecule has 0 aromatic carbocycles. The summed E-state index contributed by atoms with van der Waals surface area (Å²) in [6.45, 7) is 3.79. The average Bonchev–Trinajstić information content (AvgIpc) is 2.84. The molecule has 0 spiro atoms. The van der Waals surface area contributed by atoms with E-state index in [2.05, 4.69) is 20.6 Å². The van der Waals surface area contributed by atoms with Crippen LogP contribution in [0.4, 0.5) is 0 Å². The summed E-state index contributed by atoms with van der Waals surface area (Å²) >= 11 is 0. The van der Waals surface area contributed by atoms with Gasteiger partial charge in [0, 0.05) is 12.7 Å². The molecule has 2 heterocycles. The number of hydrogen-bond donors (Lipinski definition) is 1. The third-order valence-electron chi connectivity index (χ3n) is 4.19. The van der Waals surface area contributed by atoms with Gasteiger partial charge in [0.1, 0.15) is 0 Å². The maximum absolute atomic E-state index is 11.6. The van der Waals surface area contributed by atoms with Crippen molar-refractivity contribution >= 4 is 5.97 Å². The van der Waals surface area contributed by atoms with Crippen LogP contribution in [0.3, 0.4) is 0 Å². The molecule has 3 rings (SSSR count). The van der Waals surface area contributed by atoms with Gasteiger partial charge in [-0.15, -0.1) is 5.10 Å². The molecule has 0 radical (unpaired) electrons. The number of nitrogens with zero attached hydrogens (tertiary/aromatic N) is 6. The second-order valence-electron chi connectivity index (χ2n) is 5.27. The molecule has 1 aliphatic carbocycles. The Hall–Kier alpha value is -2.25. The molecule has 1 N–H and O–H groups in total. The molecule has 0 atom stereocenters. The van der Waals surface area contributed by atoms with Crippen molar-refractivity contribution in [1.29, 1.82) is 0 Å². The fourth-order valence-electron chi connectivity index (χ4n) is 2.76. The Bertz CT molecular complexity index is 682. The molecule has 1 aliphatic rings. The quantitative estimate of drug-likeness (QED) is 0.884. The van der Waals surface area contributed by atoms with Crippen molar-refractivity contribution < 1.29 is 9.90 Å². The van der Waals surface area contributed by atoms with E-state index in [9.17, 15) is 9.90 Å². The van der Waals surface area contributed by atoms with E-state index in [0.717, 1.165) is 23.4 Å². The molecule has 0 bridgehead atoms. The molecular formula is C12H16N6O2. The summed E-state index contributed by atoms with van der Waals surface area (Å²) in [5.41, 5.74) is 1.51. The predicted octanol–water partition coefficient (Wildman–Crippen LogP) is 0.654. The zero-order valence-corrected chi connectivity index (χ0v) is 11.7. The smallest absolute Gasteiger partial charge is 0.331 e. The lowest BCUT2D eigenvalue weighted by Gasteiger charge is -2.37. The number of carbonyl (C=O) groups is 1. The molecular weight excluding hydrogens is 260 g/mol. The van der Waals surface area contributed by atoms with Crippen molar-refractivity contribution in [2.75, 3.05) is 0 Å². The first-order valence-electron chi connectivity index (χ1n) is 6.50. The van der Waals surface area contributed by atoms with Gasteiger partial charge < -0.3 is 5.11 Å². The summed E-state index contributed by atoms with van der Waals surface area (Å²) in [5, 5.41) is 25.5. The SMILES string of the molecule is Cc1nn(C)c(C)c1-c1nnnn1C1(C(=O)O)CCC1. The Morgan fingerprint density at radius 3 is 2.50 bits per heavy atom. The maximum Gasteiger partial charge on any atom is 0.331 e. The van der Waals surface area contributed by atoms with Gasteiger partial charge in [-0.25, -0.2) is 9.48 Å². The lowest BCUT2D eigenvalue weighted by Crippen LogP contribution is -2.48. The minimum Gasteiger partial charge on any atom is -0.479 e. The highest BCUT2D eigenvalue weighted by Gasteiger charge is 2.49. The van der Waals surface area contributed by atoms with Crippen molar-refractivity contribution in [1.82, 2.24) is 30.0 Å². The minimum atomic E-state index is -1.01. The maximum atomic E-state index is 11.6. The van der Waals surface area contributed by atoms with Crippen LogP contribution >= 0.6 is 0 Å². The highest BCUT2D eigenvalue weighted by Crippen LogP contribution is 2.41. The van der Waals surface area contributed by atoms with E-state index < -0.39 is 11.5 Å². The summed E-state index contributed by atoms with van der Waals surface area (Å²) in [7, 11) is 1.84. The number of aryl methyl sites for hydroxylation is 2. The van der Waals surface area contributed by atoms with Crippen LogP contribution in [0.15, 0.2) is 0 Å². The van der Waals surface area contributed by atoms with Crippen molar-refractivity contribution in [2.45, 2.75) is 38.6 Å². The topological polar surface area (TPSA) is 98.7 Å². The molecule has 0 amide bonds. The Morgan fingerprint density at radius 2 is 2.05 bits per heavy atom. The molecule has 0 unspecified atom stereocenters. The van der Waals surface area contributed by atoms with Crippen LogP contribution in [-0.4, -0.2) is 41.1 Å². The Morgan fingerprint density at radius 1 is 1.35 bits per heavy atom. The number of carboxylic acid groups (broad SMARTS) is 1. The standard InChI is InChI=1S/C12H16N6O2/c1-7-9(8(2)17(3)14-7)10-13-15-16-18(10)12(11(19)20)5-4-6-12/h4-6H2,1-3H3,(H,19,20). The first kappa shape index (κ1) is 12.8. The summed E-state index contributed by atoms with van der Waals surface area (Å²) < 4.78 is 3.20. The van der Waals surface area contributed by atoms with Gasteiger partial charge in [0.2, 0.25) is 0 Å². The van der Waals surface area contributed by atoms with E-state index in [1.165, 1.54) is 4.68 Å². The van der Waals surface area contributed by atoms with Crippen molar-refractivity contribution in [3.8, 4) is 11.4 Å². The highest BCUT2D eigenvalue weighted by molar-refractivity contribution is 5.79. The van der Waals surface area contributed by atoms with Gasteiger partial charge >= 0.3 is 5.97 Å². The van der Waals surface area contributed by atoms with Gasteiger partial charge in [-0.3, -0.25) is 4.68 Å². The average molecular weight is 276 g/mol. The van der Waals surface area contributed by atoms with E-state index >= 15 is 0 Å². The van der Waals surface area contributed by atoms with Gasteiger partial charge in [-0.05, 0) is 43.5 Å². The molecule has 1 fully saturated rings. The lowest BCUT2D eigenvalue weighted by molar-refractivity contribution is -0.153. The van der Waals surface area contributed by atoms with Crippen LogP contribution in [0.1, 0.15) is 30.7 Å². The fraction of sp³-hybridized carbons (Fsp3) is 0.583. The van der Waals surface area contributed by atoms with E-state index in [1.54, 1.807) is 4.68 Å². The molecule has 0 saturated heterocycles. The summed E-state index contributed by atoms with van der Waals surface area (Å²) in [6, 6.07) is 0. The Balaban J connectivity index is 2.18. The number of aliphatic carboxylic acids is 1. The molecule has 8 heteroatoms. The largest absolute Gasteiger partial charge is 0.479 e. The molecule has 106 valence electrons. The van der Waals surface area contributed by atoms with E-state index in [0.29, 0.717) is 18.7 Å². The number of tetrazole rings is 1. The van der Waals surface area contributed by atoms with Crippen LogP contribution in [0.2, 0.25) is 0 Å². The third kappa shape index (κ3) is 1.50. The van der Waals surface area contributed by atoms with E-state index in [1.807, 2.05) is 20.9 Å². The summed E-state index contributed by atoms with van der Waals surface area (Å²) in [4.78, 5) is 11.6. The van der Waals surface area contributed by atoms with Crippen molar-refractivity contribution in [2.24, 2.45) is 7.05 Å². The van der Waals surface area contributed by atoms with Crippen LogP contribution in [0, 0.1) is 13.8 Å². The zero-order chi connectivity index (χ0) is 14.5. The third-order valence-corrected chi connectivity index (χ3v) is 4.19. The molecule has 20 heavy (non-hydrogen) atoms. The van der Waals surface area contributed by atoms with Crippen LogP contribution in [0.5, 0.6) is 0 Å². The first-order valence-corrected chi connectivity index (χ1v) is 6.50. The van der Waals surface area contributed by atoms with Crippen LogP contribution in [-0.2, 0) is 17.4 Å². The van der Waals surface area contributed by atoms with Gasteiger partial charge in [0.25, 0.3) is 0 Å². The van der Waals surface area contributed by atoms with Crippen LogP contribution < -0.4 is 0 Å². The second-order valence-corrected chi connectivity index (χ2v) is 5.27.